The van der Waals surface area contributed by atoms with Crippen LogP contribution in [0.25, 0.3) is 0 Å². The third-order valence-corrected chi connectivity index (χ3v) is 6.48. The Hall–Kier alpha value is -4.78. The highest BCUT2D eigenvalue weighted by Gasteiger charge is 2.30. The maximum atomic E-state index is 13.8. The molecule has 4 aromatic rings. The number of hydrogen-bond donors (Lipinski definition) is 1. The number of ether oxygens (including phenoxy) is 3. The Balaban J connectivity index is 1.38. The predicted molar refractivity (Wildman–Crippen MR) is 147 cm³/mol. The lowest BCUT2D eigenvalue weighted by atomic mass is 10.0. The molecule has 4 aromatic carbocycles. The van der Waals surface area contributed by atoms with Crippen LogP contribution in [0.5, 0.6) is 17.2 Å². The van der Waals surface area contributed by atoms with E-state index < -0.39 is 6.04 Å². The molecular weight excluding hydrogens is 492 g/mol. The third kappa shape index (κ3) is 6.96. The second-order valence-electron chi connectivity index (χ2n) is 9.22. The SMILES string of the molecule is O=C(NCc1ccc2c(c1)OCO2)[C@H](Cc1ccccc1)N(Cc1ccccc1)C(=O)COc1ccccc1. The lowest BCUT2D eigenvalue weighted by Crippen LogP contribution is -2.51. The molecule has 0 aliphatic carbocycles. The Morgan fingerprint density at radius 3 is 2.13 bits per heavy atom. The van der Waals surface area contributed by atoms with E-state index in [4.69, 9.17) is 14.2 Å². The van der Waals surface area contributed by atoms with Crippen LogP contribution in [-0.4, -0.2) is 36.2 Å². The monoisotopic (exact) mass is 522 g/mol. The molecule has 1 heterocycles. The minimum Gasteiger partial charge on any atom is -0.484 e. The number of hydrogen-bond acceptors (Lipinski definition) is 5. The Bertz CT molecular complexity index is 1380. The second kappa shape index (κ2) is 12.6. The van der Waals surface area contributed by atoms with Gasteiger partial charge in [-0.1, -0.05) is 84.9 Å². The van der Waals surface area contributed by atoms with Gasteiger partial charge < -0.3 is 24.4 Å². The molecule has 5 rings (SSSR count). The van der Waals surface area contributed by atoms with Crippen LogP contribution < -0.4 is 19.5 Å². The van der Waals surface area contributed by atoms with E-state index in [1.165, 1.54) is 0 Å². The van der Waals surface area contributed by atoms with Crippen molar-refractivity contribution in [3.63, 3.8) is 0 Å². The molecule has 0 saturated heterocycles. The zero-order valence-electron chi connectivity index (χ0n) is 21.5. The highest BCUT2D eigenvalue weighted by atomic mass is 16.7. The van der Waals surface area contributed by atoms with Crippen LogP contribution in [0.4, 0.5) is 0 Å². The van der Waals surface area contributed by atoms with E-state index in [0.29, 0.717) is 23.7 Å². The van der Waals surface area contributed by atoms with Crippen molar-refractivity contribution < 1.29 is 23.8 Å². The quantitative estimate of drug-likeness (QED) is 0.308. The molecule has 0 saturated carbocycles. The highest BCUT2D eigenvalue weighted by molar-refractivity contribution is 5.88. The molecule has 0 aromatic heterocycles. The van der Waals surface area contributed by atoms with Gasteiger partial charge in [0.15, 0.2) is 18.1 Å². The average molecular weight is 523 g/mol. The van der Waals surface area contributed by atoms with E-state index in [1.54, 1.807) is 17.0 Å². The molecule has 198 valence electrons. The molecule has 1 aliphatic heterocycles. The maximum Gasteiger partial charge on any atom is 0.261 e. The number of benzene rings is 4. The van der Waals surface area contributed by atoms with Crippen molar-refractivity contribution in [3.05, 3.63) is 126 Å². The summed E-state index contributed by atoms with van der Waals surface area (Å²) >= 11 is 0. The zero-order chi connectivity index (χ0) is 26.9. The Morgan fingerprint density at radius 2 is 1.41 bits per heavy atom. The van der Waals surface area contributed by atoms with Crippen LogP contribution in [0.15, 0.2) is 109 Å². The highest BCUT2D eigenvalue weighted by Crippen LogP contribution is 2.32. The summed E-state index contributed by atoms with van der Waals surface area (Å²) in [5, 5.41) is 3.04. The van der Waals surface area contributed by atoms with Gasteiger partial charge in [0, 0.05) is 19.5 Å². The molecule has 0 fully saturated rings. The summed E-state index contributed by atoms with van der Waals surface area (Å²) in [5.74, 6) is 1.41. The maximum absolute atomic E-state index is 13.8. The van der Waals surface area contributed by atoms with E-state index in [1.807, 2.05) is 97.1 Å². The lowest BCUT2D eigenvalue weighted by Gasteiger charge is -2.31. The van der Waals surface area contributed by atoms with E-state index in [9.17, 15) is 9.59 Å². The molecule has 0 spiro atoms. The standard InChI is InChI=1S/C32H30N2O5/c35-31(22-37-27-14-8-3-9-15-27)34(21-25-12-6-2-7-13-25)28(18-24-10-4-1-5-11-24)32(36)33-20-26-16-17-29-30(19-26)39-23-38-29/h1-17,19,28H,18,20-23H2,(H,33,36)/t28-/m0/s1. The summed E-state index contributed by atoms with van der Waals surface area (Å²) in [6.07, 6.45) is 0.359. The number of nitrogens with one attached hydrogen (secondary N) is 1. The van der Waals surface area contributed by atoms with Crippen molar-refractivity contribution in [1.29, 1.82) is 0 Å². The predicted octanol–water partition coefficient (Wildman–Crippen LogP) is 4.75. The van der Waals surface area contributed by atoms with Gasteiger partial charge in [0.1, 0.15) is 11.8 Å². The van der Waals surface area contributed by atoms with E-state index in [0.717, 1.165) is 16.7 Å². The van der Waals surface area contributed by atoms with Gasteiger partial charge in [-0.25, -0.2) is 0 Å². The van der Waals surface area contributed by atoms with Crippen LogP contribution >= 0.6 is 0 Å². The minimum absolute atomic E-state index is 0.183. The molecule has 1 N–H and O–H groups in total. The summed E-state index contributed by atoms with van der Waals surface area (Å²) in [7, 11) is 0. The minimum atomic E-state index is -0.756. The molecule has 1 aliphatic rings. The summed E-state index contributed by atoms with van der Waals surface area (Å²) in [6, 6.07) is 33.4. The molecular formula is C32H30N2O5. The van der Waals surface area contributed by atoms with Crippen LogP contribution in [0, 0.1) is 0 Å². The number of rotatable bonds is 11. The fourth-order valence-electron chi connectivity index (χ4n) is 4.44. The second-order valence-corrected chi connectivity index (χ2v) is 9.22. The summed E-state index contributed by atoms with van der Waals surface area (Å²) in [4.78, 5) is 29.0. The van der Waals surface area contributed by atoms with Gasteiger partial charge >= 0.3 is 0 Å². The molecule has 7 nitrogen and oxygen atoms in total. The molecule has 2 amide bonds. The van der Waals surface area contributed by atoms with Crippen molar-refractivity contribution >= 4 is 11.8 Å². The van der Waals surface area contributed by atoms with Crippen LogP contribution in [-0.2, 0) is 29.1 Å². The van der Waals surface area contributed by atoms with Crippen molar-refractivity contribution in [2.45, 2.75) is 25.6 Å². The topological polar surface area (TPSA) is 77.1 Å². The number of para-hydroxylation sites is 1. The first kappa shape index (κ1) is 25.9. The van der Waals surface area contributed by atoms with E-state index >= 15 is 0 Å². The van der Waals surface area contributed by atoms with Gasteiger partial charge in [-0.2, -0.15) is 0 Å². The van der Waals surface area contributed by atoms with Crippen molar-refractivity contribution in [2.24, 2.45) is 0 Å². The summed E-state index contributed by atoms with van der Waals surface area (Å²) in [6.45, 7) is 0.560. The van der Waals surface area contributed by atoms with Gasteiger partial charge in [0.05, 0.1) is 0 Å². The van der Waals surface area contributed by atoms with Crippen molar-refractivity contribution in [2.75, 3.05) is 13.4 Å². The smallest absolute Gasteiger partial charge is 0.261 e. The molecule has 0 bridgehead atoms. The molecule has 0 unspecified atom stereocenters. The van der Waals surface area contributed by atoms with Gasteiger partial charge in [-0.3, -0.25) is 9.59 Å². The van der Waals surface area contributed by atoms with Crippen molar-refractivity contribution in [1.82, 2.24) is 10.2 Å². The van der Waals surface area contributed by atoms with Gasteiger partial charge in [-0.15, -0.1) is 0 Å². The Kier molecular flexibility index (Phi) is 8.38. The number of amides is 2. The zero-order valence-corrected chi connectivity index (χ0v) is 21.5. The average Bonchev–Trinajstić information content (AvgIpc) is 3.46. The number of carbonyl (C=O) groups excluding carboxylic acids is 2. The third-order valence-electron chi connectivity index (χ3n) is 6.48. The Labute approximate surface area is 227 Å². The molecule has 7 heteroatoms. The molecule has 39 heavy (non-hydrogen) atoms. The van der Waals surface area contributed by atoms with E-state index in [-0.39, 0.29) is 38.3 Å². The number of nitrogens with zero attached hydrogens (tertiary/aromatic N) is 1. The van der Waals surface area contributed by atoms with Gasteiger partial charge in [0.2, 0.25) is 12.7 Å². The van der Waals surface area contributed by atoms with Gasteiger partial charge in [-0.05, 0) is 41.0 Å². The Morgan fingerprint density at radius 1 is 0.769 bits per heavy atom. The van der Waals surface area contributed by atoms with Gasteiger partial charge in [0.25, 0.3) is 5.91 Å². The first-order valence-corrected chi connectivity index (χ1v) is 12.9. The lowest BCUT2D eigenvalue weighted by molar-refractivity contribution is -0.142. The number of fused-ring (bicyclic) bond motifs is 1. The van der Waals surface area contributed by atoms with Crippen LogP contribution in [0.3, 0.4) is 0 Å². The van der Waals surface area contributed by atoms with E-state index in [2.05, 4.69) is 5.32 Å². The largest absolute Gasteiger partial charge is 0.484 e. The number of carbonyl (C=O) groups is 2. The first-order valence-electron chi connectivity index (χ1n) is 12.9. The summed E-state index contributed by atoms with van der Waals surface area (Å²) in [5.41, 5.74) is 2.75. The first-order chi connectivity index (χ1) is 19.2. The van der Waals surface area contributed by atoms with Crippen LogP contribution in [0.2, 0.25) is 0 Å². The summed E-state index contributed by atoms with van der Waals surface area (Å²) < 4.78 is 16.6. The fraction of sp³-hybridized carbons (Fsp3) is 0.188. The normalized spacial score (nSPS) is 12.4. The van der Waals surface area contributed by atoms with Crippen LogP contribution in [0.1, 0.15) is 16.7 Å². The molecule has 0 radical (unpaired) electrons. The van der Waals surface area contributed by atoms with Crippen molar-refractivity contribution in [3.8, 4) is 17.2 Å². The molecule has 1 atom stereocenters. The fourth-order valence-corrected chi connectivity index (χ4v) is 4.44.